The van der Waals surface area contributed by atoms with Crippen LogP contribution in [0.1, 0.15) is 34.6 Å². The second kappa shape index (κ2) is 7.41. The molecule has 0 aliphatic heterocycles. The number of Topliss-reactive ketones (excluding diaryl/α,β-unsaturated/α-hetero) is 1. The molecule has 2 aromatic rings. The molecule has 0 saturated heterocycles. The molecule has 0 radical (unpaired) electrons. The molecule has 6 heteroatoms. The molecule has 124 valence electrons. The Morgan fingerprint density at radius 2 is 1.62 bits per heavy atom. The predicted octanol–water partition coefficient (Wildman–Crippen LogP) is 3.08. The smallest absolute Gasteiger partial charge is 0.343 e. The number of methoxy groups -OCH3 is 1. The summed E-state index contributed by atoms with van der Waals surface area (Å²) in [5, 5.41) is 2.58. The third-order valence-electron chi connectivity index (χ3n) is 3.21. The number of esters is 1. The zero-order chi connectivity index (χ0) is 17.7. The highest BCUT2D eigenvalue weighted by Gasteiger charge is 2.15. The van der Waals surface area contributed by atoms with Crippen LogP contribution in [-0.4, -0.2) is 24.8 Å². The minimum absolute atomic E-state index is 0.137. The van der Waals surface area contributed by atoms with Crippen molar-refractivity contribution in [1.29, 1.82) is 0 Å². The Morgan fingerprint density at radius 3 is 2.17 bits per heavy atom. The fourth-order valence-electron chi connectivity index (χ4n) is 2.06. The Balaban J connectivity index is 2.25. The van der Waals surface area contributed by atoms with E-state index in [-0.39, 0.29) is 23.0 Å². The Morgan fingerprint density at radius 1 is 0.958 bits per heavy atom. The van der Waals surface area contributed by atoms with Crippen molar-refractivity contribution in [3.63, 3.8) is 0 Å². The molecule has 1 N–H and O–H groups in total. The fourth-order valence-corrected chi connectivity index (χ4v) is 2.06. The second-order valence-electron chi connectivity index (χ2n) is 5.07. The number of anilines is 1. The first-order valence-corrected chi connectivity index (χ1v) is 7.19. The molecule has 6 nitrogen and oxygen atoms in total. The third kappa shape index (κ3) is 4.19. The van der Waals surface area contributed by atoms with Gasteiger partial charge >= 0.3 is 5.97 Å². The number of hydrogen-bond acceptors (Lipinski definition) is 5. The summed E-state index contributed by atoms with van der Waals surface area (Å²) < 4.78 is 10.3. The van der Waals surface area contributed by atoms with Crippen molar-refractivity contribution in [2.45, 2.75) is 13.8 Å². The van der Waals surface area contributed by atoms with E-state index in [1.165, 1.54) is 33.1 Å². The van der Waals surface area contributed by atoms with Crippen molar-refractivity contribution in [1.82, 2.24) is 0 Å². The van der Waals surface area contributed by atoms with Crippen LogP contribution in [0.15, 0.2) is 42.5 Å². The Kier molecular flexibility index (Phi) is 5.31. The molecule has 0 aliphatic rings. The Labute approximate surface area is 139 Å². The van der Waals surface area contributed by atoms with Crippen molar-refractivity contribution in [2.24, 2.45) is 0 Å². The van der Waals surface area contributed by atoms with E-state index in [2.05, 4.69) is 5.32 Å². The van der Waals surface area contributed by atoms with Crippen molar-refractivity contribution >= 4 is 23.3 Å². The molecule has 0 aromatic heterocycles. The van der Waals surface area contributed by atoms with Crippen LogP contribution in [0.25, 0.3) is 0 Å². The van der Waals surface area contributed by atoms with Crippen molar-refractivity contribution in [3.05, 3.63) is 53.6 Å². The van der Waals surface area contributed by atoms with Gasteiger partial charge in [0.25, 0.3) is 0 Å². The van der Waals surface area contributed by atoms with Gasteiger partial charge in [0.15, 0.2) is 5.78 Å². The van der Waals surface area contributed by atoms with Crippen LogP contribution in [0.2, 0.25) is 0 Å². The van der Waals surface area contributed by atoms with E-state index in [0.29, 0.717) is 17.0 Å². The fraction of sp³-hybridized carbons (Fsp3) is 0.167. The number of nitrogens with one attached hydrogen (secondary N) is 1. The average molecular weight is 327 g/mol. The lowest BCUT2D eigenvalue weighted by molar-refractivity contribution is -0.114. The number of hydrogen-bond donors (Lipinski definition) is 1. The molecule has 0 atom stereocenters. The summed E-state index contributed by atoms with van der Waals surface area (Å²) in [6.45, 7) is 2.72. The minimum atomic E-state index is -0.590. The van der Waals surface area contributed by atoms with E-state index < -0.39 is 5.97 Å². The van der Waals surface area contributed by atoms with Crippen LogP contribution < -0.4 is 14.8 Å². The van der Waals surface area contributed by atoms with E-state index in [1.54, 1.807) is 30.3 Å². The first-order valence-electron chi connectivity index (χ1n) is 7.19. The maximum Gasteiger partial charge on any atom is 0.343 e. The highest BCUT2D eigenvalue weighted by molar-refractivity contribution is 6.00. The number of ketones is 1. The quantitative estimate of drug-likeness (QED) is 0.518. The Bertz CT molecular complexity index is 780. The summed E-state index contributed by atoms with van der Waals surface area (Å²) in [5.41, 5.74) is 0.997. The van der Waals surface area contributed by atoms with Crippen LogP contribution in [0.5, 0.6) is 11.5 Å². The third-order valence-corrected chi connectivity index (χ3v) is 3.21. The van der Waals surface area contributed by atoms with Gasteiger partial charge < -0.3 is 14.8 Å². The van der Waals surface area contributed by atoms with E-state index in [0.717, 1.165) is 0 Å². The monoisotopic (exact) mass is 327 g/mol. The average Bonchev–Trinajstić information content (AvgIpc) is 2.55. The molecule has 24 heavy (non-hydrogen) atoms. The van der Waals surface area contributed by atoms with Gasteiger partial charge in [-0.1, -0.05) is 0 Å². The summed E-state index contributed by atoms with van der Waals surface area (Å²) >= 11 is 0. The van der Waals surface area contributed by atoms with Crippen molar-refractivity contribution < 1.29 is 23.9 Å². The normalized spacial score (nSPS) is 9.96. The summed E-state index contributed by atoms with van der Waals surface area (Å²) in [5.74, 6) is -0.368. The molecular formula is C18H17NO5. The first-order chi connectivity index (χ1) is 11.4. The SMILES string of the molecule is COc1ccc(C(=O)Oc2ccc(NC(C)=O)cc2C(C)=O)cc1. The Hall–Kier alpha value is -3.15. The van der Waals surface area contributed by atoms with Crippen LogP contribution in [-0.2, 0) is 4.79 Å². The molecule has 0 aliphatic carbocycles. The van der Waals surface area contributed by atoms with Gasteiger partial charge in [0.2, 0.25) is 5.91 Å². The van der Waals surface area contributed by atoms with E-state index in [4.69, 9.17) is 9.47 Å². The van der Waals surface area contributed by atoms with Crippen LogP contribution >= 0.6 is 0 Å². The molecule has 0 heterocycles. The highest BCUT2D eigenvalue weighted by Crippen LogP contribution is 2.25. The lowest BCUT2D eigenvalue weighted by Gasteiger charge is -2.11. The van der Waals surface area contributed by atoms with Crippen LogP contribution in [0.3, 0.4) is 0 Å². The summed E-state index contributed by atoms with van der Waals surface area (Å²) in [6.07, 6.45) is 0. The maximum atomic E-state index is 12.2. The first kappa shape index (κ1) is 17.2. The summed E-state index contributed by atoms with van der Waals surface area (Å²) in [4.78, 5) is 35.1. The molecule has 2 rings (SSSR count). The minimum Gasteiger partial charge on any atom is -0.497 e. The van der Waals surface area contributed by atoms with E-state index in [1.807, 2.05) is 0 Å². The van der Waals surface area contributed by atoms with Gasteiger partial charge in [-0.15, -0.1) is 0 Å². The summed E-state index contributed by atoms with van der Waals surface area (Å²) in [6, 6.07) is 10.9. The second-order valence-corrected chi connectivity index (χ2v) is 5.07. The van der Waals surface area contributed by atoms with Crippen molar-refractivity contribution in [2.75, 3.05) is 12.4 Å². The molecule has 0 fully saturated rings. The molecule has 0 saturated carbocycles. The van der Waals surface area contributed by atoms with Gasteiger partial charge in [-0.05, 0) is 49.4 Å². The maximum absolute atomic E-state index is 12.2. The predicted molar refractivity (Wildman–Crippen MR) is 88.7 cm³/mol. The van der Waals surface area contributed by atoms with Gasteiger partial charge in [0.05, 0.1) is 18.2 Å². The van der Waals surface area contributed by atoms with E-state index in [9.17, 15) is 14.4 Å². The highest BCUT2D eigenvalue weighted by atomic mass is 16.5. The largest absolute Gasteiger partial charge is 0.497 e. The van der Waals surface area contributed by atoms with Crippen LogP contribution in [0, 0.1) is 0 Å². The van der Waals surface area contributed by atoms with Gasteiger partial charge in [0, 0.05) is 12.6 Å². The molecule has 0 bridgehead atoms. The number of carbonyl (C=O) groups excluding carboxylic acids is 3. The molecule has 0 unspecified atom stereocenters. The van der Waals surface area contributed by atoms with Gasteiger partial charge in [-0.2, -0.15) is 0 Å². The lowest BCUT2D eigenvalue weighted by atomic mass is 10.1. The molecular weight excluding hydrogens is 310 g/mol. The standard InChI is InChI=1S/C18H17NO5/c1-11(20)16-10-14(19-12(2)21)6-9-17(16)24-18(22)13-4-7-15(23-3)8-5-13/h4-10H,1-3H3,(H,19,21). The number of amides is 1. The lowest BCUT2D eigenvalue weighted by Crippen LogP contribution is -2.12. The van der Waals surface area contributed by atoms with Gasteiger partial charge in [-0.3, -0.25) is 9.59 Å². The number of ether oxygens (including phenoxy) is 2. The van der Waals surface area contributed by atoms with Crippen molar-refractivity contribution in [3.8, 4) is 11.5 Å². The number of rotatable bonds is 5. The van der Waals surface area contributed by atoms with Gasteiger partial charge in [0.1, 0.15) is 11.5 Å². The molecule has 1 amide bonds. The number of carbonyl (C=O) groups is 3. The number of benzene rings is 2. The molecule has 0 spiro atoms. The summed E-state index contributed by atoms with van der Waals surface area (Å²) in [7, 11) is 1.53. The zero-order valence-electron chi connectivity index (χ0n) is 13.6. The molecule has 2 aromatic carbocycles. The zero-order valence-corrected chi connectivity index (χ0v) is 13.6. The van der Waals surface area contributed by atoms with Gasteiger partial charge in [-0.25, -0.2) is 4.79 Å². The van der Waals surface area contributed by atoms with Crippen LogP contribution in [0.4, 0.5) is 5.69 Å². The van der Waals surface area contributed by atoms with E-state index >= 15 is 0 Å². The topological polar surface area (TPSA) is 81.7 Å².